The lowest BCUT2D eigenvalue weighted by molar-refractivity contribution is -0.137. The highest BCUT2D eigenvalue weighted by Crippen LogP contribution is 2.35. The highest BCUT2D eigenvalue weighted by Gasteiger charge is 2.35. The number of carbonyl (C=O) groups is 1. The van der Waals surface area contributed by atoms with Crippen molar-refractivity contribution in [3.63, 3.8) is 0 Å². The summed E-state index contributed by atoms with van der Waals surface area (Å²) in [6.45, 7) is 4.44. The Morgan fingerprint density at radius 3 is 2.72 bits per heavy atom. The first-order valence-electron chi connectivity index (χ1n) is 8.22. The monoisotopic (exact) mass is 352 g/mol. The van der Waals surface area contributed by atoms with Gasteiger partial charge in [-0.3, -0.25) is 4.79 Å². The van der Waals surface area contributed by atoms with Gasteiger partial charge < -0.3 is 9.42 Å². The molecular weight excluding hydrogens is 333 g/mol. The van der Waals surface area contributed by atoms with Crippen molar-refractivity contribution in [2.75, 3.05) is 6.54 Å². The van der Waals surface area contributed by atoms with Gasteiger partial charge in [-0.25, -0.2) is 0 Å². The lowest BCUT2D eigenvalue weighted by atomic mass is 10.1. The largest absolute Gasteiger partial charge is 0.416 e. The Balaban J connectivity index is 1.86. The van der Waals surface area contributed by atoms with Crippen molar-refractivity contribution in [1.82, 2.24) is 10.1 Å². The molecule has 1 fully saturated rings. The van der Waals surface area contributed by atoms with Gasteiger partial charge in [0.15, 0.2) is 0 Å². The maximum absolute atomic E-state index is 12.9. The van der Waals surface area contributed by atoms with E-state index in [2.05, 4.69) is 5.16 Å². The van der Waals surface area contributed by atoms with Crippen molar-refractivity contribution in [3.05, 3.63) is 52.9 Å². The molecule has 0 unspecified atom stereocenters. The molecule has 0 bridgehead atoms. The second-order valence-electron chi connectivity index (χ2n) is 6.54. The average Bonchev–Trinajstić information content (AvgIpc) is 3.22. The van der Waals surface area contributed by atoms with Crippen LogP contribution in [-0.4, -0.2) is 22.5 Å². The van der Waals surface area contributed by atoms with Crippen LogP contribution in [0.1, 0.15) is 66.0 Å². The third-order valence-electron chi connectivity index (χ3n) is 4.41. The predicted octanol–water partition coefficient (Wildman–Crippen LogP) is 4.79. The first-order chi connectivity index (χ1) is 11.8. The number of aromatic nitrogens is 1. The first kappa shape index (κ1) is 17.5. The Morgan fingerprint density at radius 2 is 2.08 bits per heavy atom. The Kier molecular flexibility index (Phi) is 4.58. The van der Waals surface area contributed by atoms with E-state index in [1.165, 1.54) is 12.1 Å². The summed E-state index contributed by atoms with van der Waals surface area (Å²) in [6.07, 6.45) is -2.98. The summed E-state index contributed by atoms with van der Waals surface area (Å²) < 4.78 is 43.9. The predicted molar refractivity (Wildman–Crippen MR) is 85.0 cm³/mol. The zero-order valence-electron chi connectivity index (χ0n) is 14.0. The van der Waals surface area contributed by atoms with Crippen LogP contribution in [-0.2, 0) is 6.18 Å². The quantitative estimate of drug-likeness (QED) is 0.797. The Hall–Kier alpha value is -2.31. The third-order valence-corrected chi connectivity index (χ3v) is 4.41. The molecule has 1 aliphatic rings. The maximum atomic E-state index is 12.9. The fourth-order valence-electron chi connectivity index (χ4n) is 3.04. The fourth-order valence-corrected chi connectivity index (χ4v) is 3.04. The van der Waals surface area contributed by atoms with Crippen LogP contribution in [0.2, 0.25) is 0 Å². The second-order valence-corrected chi connectivity index (χ2v) is 6.54. The summed E-state index contributed by atoms with van der Waals surface area (Å²) in [5, 5.41) is 4.05. The number of alkyl halides is 3. The Morgan fingerprint density at radius 1 is 1.32 bits per heavy atom. The molecule has 1 aliphatic heterocycles. The number of halogens is 3. The SMILES string of the molecule is CC(C)c1cc([C@H]2CCCN2C(=O)c2cccc(C(F)(F)F)c2)no1. The molecule has 0 aliphatic carbocycles. The number of nitrogens with zero attached hydrogens (tertiary/aromatic N) is 2. The van der Waals surface area contributed by atoms with Gasteiger partial charge in [0.05, 0.1) is 11.6 Å². The molecule has 2 aromatic rings. The van der Waals surface area contributed by atoms with Crippen LogP contribution in [0.3, 0.4) is 0 Å². The van der Waals surface area contributed by atoms with E-state index in [1.807, 2.05) is 19.9 Å². The number of amides is 1. The minimum atomic E-state index is -4.47. The van der Waals surface area contributed by atoms with E-state index in [9.17, 15) is 18.0 Å². The lowest BCUT2D eigenvalue weighted by Gasteiger charge is -2.23. The van der Waals surface area contributed by atoms with Crippen molar-refractivity contribution < 1.29 is 22.5 Å². The molecular formula is C18H19F3N2O2. The summed E-state index contributed by atoms with van der Waals surface area (Å²) in [4.78, 5) is 14.3. The zero-order chi connectivity index (χ0) is 18.2. The average molecular weight is 352 g/mol. The van der Waals surface area contributed by atoms with E-state index < -0.39 is 17.6 Å². The number of hydrogen-bond donors (Lipinski definition) is 0. The van der Waals surface area contributed by atoms with Crippen LogP contribution in [0, 0.1) is 0 Å². The summed E-state index contributed by atoms with van der Waals surface area (Å²) in [5.74, 6) is 0.492. The van der Waals surface area contributed by atoms with Gasteiger partial charge in [-0.15, -0.1) is 0 Å². The van der Waals surface area contributed by atoms with Crippen molar-refractivity contribution in [3.8, 4) is 0 Å². The highest BCUT2D eigenvalue weighted by molar-refractivity contribution is 5.94. The molecule has 1 aromatic heterocycles. The van der Waals surface area contributed by atoms with Crippen molar-refractivity contribution in [2.24, 2.45) is 0 Å². The number of rotatable bonds is 3. The van der Waals surface area contributed by atoms with Crippen LogP contribution in [0.15, 0.2) is 34.9 Å². The molecule has 0 N–H and O–H groups in total. The molecule has 0 saturated carbocycles. The minimum absolute atomic E-state index is 0.0364. The molecule has 25 heavy (non-hydrogen) atoms. The van der Waals surface area contributed by atoms with E-state index in [1.54, 1.807) is 4.90 Å². The summed E-state index contributed by atoms with van der Waals surface area (Å²) in [6, 6.07) is 6.10. The van der Waals surface area contributed by atoms with Gasteiger partial charge in [0.2, 0.25) is 0 Å². The van der Waals surface area contributed by atoms with Crippen molar-refractivity contribution in [2.45, 2.75) is 44.8 Å². The van der Waals surface area contributed by atoms with E-state index in [0.717, 1.165) is 30.7 Å². The van der Waals surface area contributed by atoms with Gasteiger partial charge in [-0.05, 0) is 31.0 Å². The topological polar surface area (TPSA) is 46.3 Å². The zero-order valence-corrected chi connectivity index (χ0v) is 14.0. The van der Waals surface area contributed by atoms with Crippen molar-refractivity contribution in [1.29, 1.82) is 0 Å². The number of benzene rings is 1. The van der Waals surface area contributed by atoms with Crippen LogP contribution in [0.25, 0.3) is 0 Å². The molecule has 7 heteroatoms. The van der Waals surface area contributed by atoms with Gasteiger partial charge >= 0.3 is 6.18 Å². The van der Waals surface area contributed by atoms with Crippen LogP contribution >= 0.6 is 0 Å². The van der Waals surface area contributed by atoms with Gasteiger partial charge in [-0.1, -0.05) is 25.1 Å². The number of hydrogen-bond acceptors (Lipinski definition) is 3. The minimum Gasteiger partial charge on any atom is -0.361 e. The normalized spacial score (nSPS) is 18.2. The molecule has 1 saturated heterocycles. The fraction of sp³-hybridized carbons (Fsp3) is 0.444. The molecule has 0 spiro atoms. The Bertz CT molecular complexity index is 768. The summed E-state index contributed by atoms with van der Waals surface area (Å²) in [5.41, 5.74) is -0.131. The van der Waals surface area contributed by atoms with Crippen molar-refractivity contribution >= 4 is 5.91 Å². The second kappa shape index (κ2) is 6.54. The molecule has 134 valence electrons. The van der Waals surface area contributed by atoms with E-state index in [-0.39, 0.29) is 17.5 Å². The third kappa shape index (κ3) is 3.55. The van der Waals surface area contributed by atoms with E-state index >= 15 is 0 Å². The first-order valence-corrected chi connectivity index (χ1v) is 8.22. The number of carbonyl (C=O) groups excluding carboxylic acids is 1. The molecule has 3 rings (SSSR count). The van der Waals surface area contributed by atoms with Crippen LogP contribution in [0.5, 0.6) is 0 Å². The van der Waals surface area contributed by atoms with Gasteiger partial charge in [0.25, 0.3) is 5.91 Å². The van der Waals surface area contributed by atoms with Gasteiger partial charge in [0.1, 0.15) is 11.5 Å². The summed E-state index contributed by atoms with van der Waals surface area (Å²) in [7, 11) is 0. The molecule has 1 amide bonds. The molecule has 2 heterocycles. The smallest absolute Gasteiger partial charge is 0.361 e. The highest BCUT2D eigenvalue weighted by atomic mass is 19.4. The van der Waals surface area contributed by atoms with Gasteiger partial charge in [0, 0.05) is 24.1 Å². The number of likely N-dealkylation sites (tertiary alicyclic amines) is 1. The van der Waals surface area contributed by atoms with Crippen LogP contribution < -0.4 is 0 Å². The van der Waals surface area contributed by atoms with E-state index in [0.29, 0.717) is 12.2 Å². The van der Waals surface area contributed by atoms with E-state index in [4.69, 9.17) is 4.52 Å². The van der Waals surface area contributed by atoms with Crippen LogP contribution in [0.4, 0.5) is 13.2 Å². The molecule has 1 atom stereocenters. The van der Waals surface area contributed by atoms with Gasteiger partial charge in [-0.2, -0.15) is 13.2 Å². The standard InChI is InChI=1S/C18H19F3N2O2/c1-11(2)16-10-14(22-25-16)15-7-4-8-23(15)17(24)12-5-3-6-13(9-12)18(19,20)21/h3,5-6,9-11,15H,4,7-8H2,1-2H3/t15-/m1/s1. The summed E-state index contributed by atoms with van der Waals surface area (Å²) >= 11 is 0. The maximum Gasteiger partial charge on any atom is 0.416 e. The molecule has 1 aromatic carbocycles. The lowest BCUT2D eigenvalue weighted by Crippen LogP contribution is -2.31. The molecule has 0 radical (unpaired) electrons. The molecule has 4 nitrogen and oxygen atoms in total. The Labute approximate surface area is 143 Å².